The Morgan fingerprint density at radius 3 is 2.77 bits per heavy atom. The summed E-state index contributed by atoms with van der Waals surface area (Å²) in [5, 5.41) is 0. The summed E-state index contributed by atoms with van der Waals surface area (Å²) in [6.07, 6.45) is 16.9. The monoisotopic (exact) mass is 174 g/mol. The molecule has 0 amide bonds. The summed E-state index contributed by atoms with van der Waals surface area (Å²) >= 11 is 0. The minimum Gasteiger partial charge on any atom is -0.0882 e. The third-order valence-electron chi connectivity index (χ3n) is 4.28. The fraction of sp³-hybridized carbons (Fsp3) is 0.692. The zero-order valence-corrected chi connectivity index (χ0v) is 8.15. The molecule has 0 heteroatoms. The van der Waals surface area contributed by atoms with Gasteiger partial charge in [-0.1, -0.05) is 24.3 Å². The standard InChI is InChI=1S/C13H18/c1-3-7-12-10(5-1)9-11-6-2-4-8-13(11)12/h1,4-5,8,10-13H,2-3,6-7,9H2/t10-,11+,12-,13+/m0/s1. The van der Waals surface area contributed by atoms with Gasteiger partial charge in [0.25, 0.3) is 0 Å². The molecular weight excluding hydrogens is 156 g/mol. The molecule has 3 aliphatic rings. The summed E-state index contributed by atoms with van der Waals surface area (Å²) in [6, 6.07) is 0. The van der Waals surface area contributed by atoms with Crippen LogP contribution in [0.4, 0.5) is 0 Å². The minimum absolute atomic E-state index is 0.937. The van der Waals surface area contributed by atoms with E-state index < -0.39 is 0 Å². The van der Waals surface area contributed by atoms with Crippen molar-refractivity contribution in [1.82, 2.24) is 0 Å². The van der Waals surface area contributed by atoms with Gasteiger partial charge < -0.3 is 0 Å². The number of hydrogen-bond acceptors (Lipinski definition) is 0. The van der Waals surface area contributed by atoms with Crippen LogP contribution in [0.2, 0.25) is 0 Å². The molecule has 0 nitrogen and oxygen atoms in total. The Kier molecular flexibility index (Phi) is 1.81. The molecule has 4 atom stereocenters. The van der Waals surface area contributed by atoms with E-state index in [4.69, 9.17) is 0 Å². The van der Waals surface area contributed by atoms with E-state index in [0.717, 1.165) is 23.7 Å². The van der Waals surface area contributed by atoms with Gasteiger partial charge in [0, 0.05) is 0 Å². The maximum atomic E-state index is 2.53. The van der Waals surface area contributed by atoms with Crippen LogP contribution in [0.25, 0.3) is 0 Å². The van der Waals surface area contributed by atoms with E-state index in [1.54, 1.807) is 0 Å². The zero-order valence-electron chi connectivity index (χ0n) is 8.15. The second-order valence-corrected chi connectivity index (χ2v) is 4.91. The first-order valence-corrected chi connectivity index (χ1v) is 5.78. The predicted molar refractivity (Wildman–Crippen MR) is 55.3 cm³/mol. The Labute approximate surface area is 80.7 Å². The van der Waals surface area contributed by atoms with Gasteiger partial charge in [-0.2, -0.15) is 0 Å². The van der Waals surface area contributed by atoms with Gasteiger partial charge in [-0.3, -0.25) is 0 Å². The lowest BCUT2D eigenvalue weighted by molar-refractivity contribution is 0.318. The van der Waals surface area contributed by atoms with Crippen LogP contribution in [-0.2, 0) is 0 Å². The molecule has 3 rings (SSSR count). The van der Waals surface area contributed by atoms with Crippen molar-refractivity contribution in [2.45, 2.75) is 32.1 Å². The van der Waals surface area contributed by atoms with Crippen LogP contribution in [-0.4, -0.2) is 0 Å². The van der Waals surface area contributed by atoms with Crippen LogP contribution in [0.1, 0.15) is 32.1 Å². The summed E-state index contributed by atoms with van der Waals surface area (Å²) in [6.45, 7) is 0. The molecule has 0 unspecified atom stereocenters. The Hall–Kier alpha value is -0.520. The highest BCUT2D eigenvalue weighted by Gasteiger charge is 2.41. The SMILES string of the molecule is C1=C[C@@H]2[C@H](CC1)C[C@@H]1C=CCC[C@H]21. The second kappa shape index (κ2) is 3.01. The van der Waals surface area contributed by atoms with E-state index >= 15 is 0 Å². The van der Waals surface area contributed by atoms with E-state index in [1.807, 2.05) is 0 Å². The lowest BCUT2D eigenvalue weighted by Gasteiger charge is -2.27. The molecule has 0 spiro atoms. The van der Waals surface area contributed by atoms with Gasteiger partial charge in [0.1, 0.15) is 0 Å². The van der Waals surface area contributed by atoms with Crippen molar-refractivity contribution < 1.29 is 0 Å². The van der Waals surface area contributed by atoms with E-state index in [0.29, 0.717) is 0 Å². The van der Waals surface area contributed by atoms with Crippen LogP contribution < -0.4 is 0 Å². The van der Waals surface area contributed by atoms with E-state index in [9.17, 15) is 0 Å². The Morgan fingerprint density at radius 1 is 0.923 bits per heavy atom. The summed E-state index contributed by atoms with van der Waals surface area (Å²) in [4.78, 5) is 0. The summed E-state index contributed by atoms with van der Waals surface area (Å²) in [5.74, 6) is 3.92. The van der Waals surface area contributed by atoms with Gasteiger partial charge >= 0.3 is 0 Å². The second-order valence-electron chi connectivity index (χ2n) is 4.91. The van der Waals surface area contributed by atoms with E-state index in [-0.39, 0.29) is 0 Å². The molecule has 1 saturated carbocycles. The molecule has 13 heavy (non-hydrogen) atoms. The molecule has 0 saturated heterocycles. The van der Waals surface area contributed by atoms with Gasteiger partial charge in [-0.25, -0.2) is 0 Å². The molecule has 0 aromatic heterocycles. The smallest absolute Gasteiger partial charge is 0.0171 e. The van der Waals surface area contributed by atoms with Gasteiger partial charge in [-0.15, -0.1) is 0 Å². The first-order chi connectivity index (χ1) is 6.45. The van der Waals surface area contributed by atoms with Gasteiger partial charge in [-0.05, 0) is 55.8 Å². The Morgan fingerprint density at radius 2 is 1.77 bits per heavy atom. The highest BCUT2D eigenvalue weighted by Crippen LogP contribution is 2.50. The van der Waals surface area contributed by atoms with Crippen molar-refractivity contribution in [1.29, 1.82) is 0 Å². The van der Waals surface area contributed by atoms with Gasteiger partial charge in [0.2, 0.25) is 0 Å². The molecular formula is C13H18. The summed E-state index contributed by atoms with van der Waals surface area (Å²) in [5.41, 5.74) is 0. The lowest BCUT2D eigenvalue weighted by Crippen LogP contribution is -2.18. The molecule has 70 valence electrons. The largest absolute Gasteiger partial charge is 0.0882 e. The molecule has 0 aromatic carbocycles. The topological polar surface area (TPSA) is 0 Å². The van der Waals surface area contributed by atoms with Crippen LogP contribution in [0, 0.1) is 23.7 Å². The number of fused-ring (bicyclic) bond motifs is 3. The Bertz CT molecular complexity index is 249. The normalized spacial score (nSPS) is 47.4. The maximum absolute atomic E-state index is 2.53. The van der Waals surface area contributed by atoms with Crippen molar-refractivity contribution in [2.24, 2.45) is 23.7 Å². The summed E-state index contributed by atoms with van der Waals surface area (Å²) in [7, 11) is 0. The summed E-state index contributed by atoms with van der Waals surface area (Å²) < 4.78 is 0. The molecule has 0 aliphatic heterocycles. The van der Waals surface area contributed by atoms with Crippen LogP contribution in [0.5, 0.6) is 0 Å². The predicted octanol–water partition coefficient (Wildman–Crippen LogP) is 3.55. The van der Waals surface area contributed by atoms with Crippen molar-refractivity contribution in [3.8, 4) is 0 Å². The minimum atomic E-state index is 0.937. The fourth-order valence-electron chi connectivity index (χ4n) is 3.68. The van der Waals surface area contributed by atoms with Gasteiger partial charge in [0.05, 0.1) is 0 Å². The Balaban J connectivity index is 1.88. The quantitative estimate of drug-likeness (QED) is 0.493. The zero-order chi connectivity index (χ0) is 8.67. The molecule has 0 radical (unpaired) electrons. The number of allylic oxidation sites excluding steroid dienone is 4. The first-order valence-electron chi connectivity index (χ1n) is 5.78. The van der Waals surface area contributed by atoms with Crippen LogP contribution >= 0.6 is 0 Å². The average Bonchev–Trinajstić information content (AvgIpc) is 2.56. The highest BCUT2D eigenvalue weighted by atomic mass is 14.5. The van der Waals surface area contributed by atoms with Crippen molar-refractivity contribution >= 4 is 0 Å². The molecule has 0 N–H and O–H groups in total. The van der Waals surface area contributed by atoms with E-state index in [2.05, 4.69) is 24.3 Å². The molecule has 0 aromatic rings. The molecule has 0 bridgehead atoms. The number of hydrogen-bond donors (Lipinski definition) is 0. The molecule has 3 aliphatic carbocycles. The van der Waals surface area contributed by atoms with Crippen molar-refractivity contribution in [2.75, 3.05) is 0 Å². The average molecular weight is 174 g/mol. The van der Waals surface area contributed by atoms with Crippen LogP contribution in [0.3, 0.4) is 0 Å². The fourth-order valence-corrected chi connectivity index (χ4v) is 3.68. The highest BCUT2D eigenvalue weighted by molar-refractivity contribution is 5.11. The maximum Gasteiger partial charge on any atom is -0.0171 e. The number of rotatable bonds is 0. The van der Waals surface area contributed by atoms with Crippen molar-refractivity contribution in [3.05, 3.63) is 24.3 Å². The van der Waals surface area contributed by atoms with E-state index in [1.165, 1.54) is 32.1 Å². The first kappa shape index (κ1) is 7.84. The van der Waals surface area contributed by atoms with Gasteiger partial charge in [0.15, 0.2) is 0 Å². The van der Waals surface area contributed by atoms with Crippen molar-refractivity contribution in [3.63, 3.8) is 0 Å². The van der Waals surface area contributed by atoms with Crippen LogP contribution in [0.15, 0.2) is 24.3 Å². The lowest BCUT2D eigenvalue weighted by atomic mass is 9.78. The molecule has 0 heterocycles. The third kappa shape index (κ3) is 1.19. The third-order valence-corrected chi connectivity index (χ3v) is 4.28. The molecule has 1 fully saturated rings.